The zero-order valence-electron chi connectivity index (χ0n) is 18.5. The second kappa shape index (κ2) is 9.94. The Hall–Kier alpha value is -3.22. The van der Waals surface area contributed by atoms with Gasteiger partial charge in [0.15, 0.2) is 0 Å². The summed E-state index contributed by atoms with van der Waals surface area (Å²) in [7, 11) is 0. The van der Waals surface area contributed by atoms with Crippen molar-refractivity contribution in [1.82, 2.24) is 0 Å². The van der Waals surface area contributed by atoms with Crippen molar-refractivity contribution < 1.29 is 15.1 Å². The molecule has 3 rings (SSSR count). The Morgan fingerprint density at radius 1 is 0.750 bits per heavy atom. The Kier molecular flexibility index (Phi) is 7.28. The number of aliphatic hydroxyl groups is 2. The zero-order chi connectivity index (χ0) is 23.2. The third-order valence-electron chi connectivity index (χ3n) is 5.95. The predicted molar refractivity (Wildman–Crippen MR) is 127 cm³/mol. The van der Waals surface area contributed by atoms with E-state index in [2.05, 4.69) is 4.90 Å². The van der Waals surface area contributed by atoms with Gasteiger partial charge in [-0.15, -0.1) is 0 Å². The smallest absolute Gasteiger partial charge is 0.269 e. The highest BCUT2D eigenvalue weighted by atomic mass is 16.6. The number of rotatable bonds is 10. The Morgan fingerprint density at radius 3 is 1.53 bits per heavy atom. The number of nitro groups is 1. The molecule has 0 fully saturated rings. The molecule has 0 radical (unpaired) electrons. The molecule has 0 aliphatic carbocycles. The fourth-order valence-electron chi connectivity index (χ4n) is 3.74. The summed E-state index contributed by atoms with van der Waals surface area (Å²) < 4.78 is 0. The van der Waals surface area contributed by atoms with E-state index in [1.54, 1.807) is 26.0 Å². The molecule has 32 heavy (non-hydrogen) atoms. The van der Waals surface area contributed by atoms with Crippen LogP contribution in [0.3, 0.4) is 0 Å². The summed E-state index contributed by atoms with van der Waals surface area (Å²) in [5.74, 6) is 0. The molecular formula is C26H30N2O4. The molecule has 6 nitrogen and oxygen atoms in total. The molecule has 0 heterocycles. The largest absolute Gasteiger partial charge is 0.385 e. The van der Waals surface area contributed by atoms with Crippen LogP contribution in [-0.2, 0) is 11.2 Å². The Labute approximate surface area is 188 Å². The van der Waals surface area contributed by atoms with E-state index in [1.165, 1.54) is 12.1 Å². The molecule has 6 heteroatoms. The van der Waals surface area contributed by atoms with E-state index in [1.807, 2.05) is 60.7 Å². The summed E-state index contributed by atoms with van der Waals surface area (Å²) in [4.78, 5) is 12.7. The predicted octanol–water partition coefficient (Wildman–Crippen LogP) is 5.00. The molecular weight excluding hydrogens is 404 g/mol. The van der Waals surface area contributed by atoms with E-state index in [9.17, 15) is 20.3 Å². The second-order valence-electron chi connectivity index (χ2n) is 8.54. The van der Waals surface area contributed by atoms with Gasteiger partial charge in [0, 0.05) is 30.9 Å². The fourth-order valence-corrected chi connectivity index (χ4v) is 3.74. The lowest BCUT2D eigenvalue weighted by Crippen LogP contribution is -2.35. The van der Waals surface area contributed by atoms with Crippen LogP contribution in [0.4, 0.5) is 11.4 Å². The zero-order valence-corrected chi connectivity index (χ0v) is 18.5. The standard InChI is InChI=1S/C26H30N2O4/c1-25(29,21-9-5-3-6-10-21)17-19-27(23-13-15-24(16-14-23)28(31)32)20-18-26(2,30)22-11-7-4-8-12-22/h3-16,29-30H,17-20H2,1-2H3. The molecule has 3 aromatic carbocycles. The number of non-ortho nitro benzene ring substituents is 1. The van der Waals surface area contributed by atoms with Crippen molar-refractivity contribution in [1.29, 1.82) is 0 Å². The number of nitrogens with zero attached hydrogens (tertiary/aromatic N) is 2. The van der Waals surface area contributed by atoms with Crippen molar-refractivity contribution in [3.63, 3.8) is 0 Å². The van der Waals surface area contributed by atoms with Crippen LogP contribution in [0.2, 0.25) is 0 Å². The van der Waals surface area contributed by atoms with Crippen molar-refractivity contribution >= 4 is 11.4 Å². The lowest BCUT2D eigenvalue weighted by atomic mass is 9.91. The van der Waals surface area contributed by atoms with Crippen molar-refractivity contribution in [2.75, 3.05) is 18.0 Å². The molecule has 0 bridgehead atoms. The highest BCUT2D eigenvalue weighted by Gasteiger charge is 2.27. The number of nitro benzene ring substituents is 1. The number of anilines is 1. The van der Waals surface area contributed by atoms with E-state index in [-0.39, 0.29) is 5.69 Å². The fraction of sp³-hybridized carbons (Fsp3) is 0.308. The number of hydrogen-bond acceptors (Lipinski definition) is 5. The molecule has 0 aromatic heterocycles. The Bertz CT molecular complexity index is 948. The Balaban J connectivity index is 1.78. The van der Waals surface area contributed by atoms with E-state index in [0.29, 0.717) is 25.9 Å². The van der Waals surface area contributed by atoms with Crippen molar-refractivity contribution in [3.8, 4) is 0 Å². The van der Waals surface area contributed by atoms with Crippen LogP contribution in [-0.4, -0.2) is 28.2 Å². The van der Waals surface area contributed by atoms with Gasteiger partial charge in [-0.3, -0.25) is 10.1 Å². The normalized spacial score (nSPS) is 14.9. The molecule has 0 saturated carbocycles. The SMILES string of the molecule is CC(O)(CCN(CCC(C)(O)c1ccccc1)c1ccc([N+](=O)[O-])cc1)c1ccccc1. The molecule has 0 spiro atoms. The monoisotopic (exact) mass is 434 g/mol. The van der Waals surface area contributed by atoms with Crippen LogP contribution in [0.1, 0.15) is 37.8 Å². The first-order valence-corrected chi connectivity index (χ1v) is 10.7. The highest BCUT2D eigenvalue weighted by Crippen LogP contribution is 2.29. The van der Waals surface area contributed by atoms with Gasteiger partial charge >= 0.3 is 0 Å². The van der Waals surface area contributed by atoms with Crippen LogP contribution < -0.4 is 4.90 Å². The highest BCUT2D eigenvalue weighted by molar-refractivity contribution is 5.51. The minimum absolute atomic E-state index is 0.0289. The number of hydrogen-bond donors (Lipinski definition) is 2. The van der Waals surface area contributed by atoms with Crippen molar-refractivity contribution in [3.05, 3.63) is 106 Å². The summed E-state index contributed by atoms with van der Waals surface area (Å²) in [6.07, 6.45) is 0.920. The number of benzene rings is 3. The van der Waals surface area contributed by atoms with Crippen LogP contribution in [0, 0.1) is 10.1 Å². The first-order chi connectivity index (χ1) is 15.2. The molecule has 2 atom stereocenters. The van der Waals surface area contributed by atoms with Crippen LogP contribution in [0.5, 0.6) is 0 Å². The minimum atomic E-state index is -1.03. The quantitative estimate of drug-likeness (QED) is 0.346. The van der Waals surface area contributed by atoms with Gasteiger partial charge in [-0.2, -0.15) is 0 Å². The third kappa shape index (κ3) is 5.93. The summed E-state index contributed by atoms with van der Waals surface area (Å²) in [5, 5.41) is 33.1. The summed E-state index contributed by atoms with van der Waals surface area (Å²) in [5.41, 5.74) is 0.453. The van der Waals surface area contributed by atoms with Gasteiger partial charge in [-0.1, -0.05) is 60.7 Å². The summed E-state index contributed by atoms with van der Waals surface area (Å²) >= 11 is 0. The van der Waals surface area contributed by atoms with Crippen molar-refractivity contribution in [2.45, 2.75) is 37.9 Å². The van der Waals surface area contributed by atoms with Crippen LogP contribution in [0.25, 0.3) is 0 Å². The molecule has 168 valence electrons. The first-order valence-electron chi connectivity index (χ1n) is 10.7. The maximum atomic E-state index is 11.0. The van der Waals surface area contributed by atoms with Gasteiger partial charge in [0.25, 0.3) is 5.69 Å². The average Bonchev–Trinajstić information content (AvgIpc) is 2.80. The Morgan fingerprint density at radius 2 is 1.16 bits per heavy atom. The maximum Gasteiger partial charge on any atom is 0.269 e. The first kappa shape index (κ1) is 23.4. The van der Waals surface area contributed by atoms with Gasteiger partial charge < -0.3 is 15.1 Å². The molecule has 0 amide bonds. The van der Waals surface area contributed by atoms with Gasteiger partial charge in [-0.25, -0.2) is 0 Å². The van der Waals surface area contributed by atoms with E-state index in [0.717, 1.165) is 16.8 Å². The topological polar surface area (TPSA) is 86.8 Å². The molecule has 0 aliphatic rings. The summed E-state index contributed by atoms with van der Waals surface area (Å²) in [6, 6.07) is 25.4. The van der Waals surface area contributed by atoms with E-state index < -0.39 is 16.1 Å². The second-order valence-corrected chi connectivity index (χ2v) is 8.54. The van der Waals surface area contributed by atoms with Crippen LogP contribution >= 0.6 is 0 Å². The van der Waals surface area contributed by atoms with E-state index in [4.69, 9.17) is 0 Å². The lowest BCUT2D eigenvalue weighted by Gasteiger charge is -2.33. The van der Waals surface area contributed by atoms with Gasteiger partial charge in [0.2, 0.25) is 0 Å². The maximum absolute atomic E-state index is 11.0. The molecule has 0 aliphatic heterocycles. The van der Waals surface area contributed by atoms with Gasteiger partial charge in [0.05, 0.1) is 16.1 Å². The van der Waals surface area contributed by atoms with Crippen molar-refractivity contribution in [2.24, 2.45) is 0 Å². The molecule has 2 N–H and O–H groups in total. The van der Waals surface area contributed by atoms with Gasteiger partial charge in [0.1, 0.15) is 0 Å². The van der Waals surface area contributed by atoms with E-state index >= 15 is 0 Å². The molecule has 2 unspecified atom stereocenters. The van der Waals surface area contributed by atoms with Gasteiger partial charge in [-0.05, 0) is 49.9 Å². The minimum Gasteiger partial charge on any atom is -0.385 e. The molecule has 0 saturated heterocycles. The summed E-state index contributed by atoms with van der Waals surface area (Å²) in [6.45, 7) is 4.61. The molecule has 3 aromatic rings. The lowest BCUT2D eigenvalue weighted by molar-refractivity contribution is -0.384. The van der Waals surface area contributed by atoms with Crippen LogP contribution in [0.15, 0.2) is 84.9 Å². The third-order valence-corrected chi connectivity index (χ3v) is 5.95. The average molecular weight is 435 g/mol.